The highest BCUT2D eigenvalue weighted by molar-refractivity contribution is 5.47. The summed E-state index contributed by atoms with van der Waals surface area (Å²) in [5.41, 5.74) is -0.152. The monoisotopic (exact) mass is 170 g/mol. The second-order valence-corrected chi connectivity index (χ2v) is 2.16. The van der Waals surface area contributed by atoms with E-state index in [1.54, 1.807) is 0 Å². The Hall–Kier alpha value is -1.45. The van der Waals surface area contributed by atoms with Crippen LogP contribution in [0, 0.1) is 11.6 Å². The van der Waals surface area contributed by atoms with Crippen LogP contribution in [0.1, 0.15) is 5.56 Å². The summed E-state index contributed by atoms with van der Waals surface area (Å²) < 4.78 is 25.5. The zero-order valence-corrected chi connectivity index (χ0v) is 6.10. The van der Waals surface area contributed by atoms with E-state index in [0.717, 1.165) is 12.1 Å². The lowest BCUT2D eigenvalue weighted by Gasteiger charge is -2.01. The zero-order chi connectivity index (χ0) is 8.97. The van der Waals surface area contributed by atoms with E-state index in [2.05, 4.69) is 5.32 Å². The molecule has 0 aromatic heterocycles. The van der Waals surface area contributed by atoms with Crippen molar-refractivity contribution in [3.63, 3.8) is 0 Å². The van der Waals surface area contributed by atoms with Crippen LogP contribution in [0.5, 0.6) is 0 Å². The van der Waals surface area contributed by atoms with Crippen LogP contribution in [0.15, 0.2) is 18.2 Å². The van der Waals surface area contributed by atoms with Gasteiger partial charge in [0.1, 0.15) is 11.6 Å². The van der Waals surface area contributed by atoms with Crippen molar-refractivity contribution in [2.45, 2.75) is 6.54 Å². The second kappa shape index (κ2) is 3.80. The molecule has 0 bridgehead atoms. The Morgan fingerprint density at radius 1 is 1.33 bits per heavy atom. The van der Waals surface area contributed by atoms with Gasteiger partial charge in [-0.05, 0) is 12.1 Å². The van der Waals surface area contributed by atoms with E-state index < -0.39 is 11.6 Å². The van der Waals surface area contributed by atoms with Gasteiger partial charge in [0, 0.05) is 12.1 Å². The minimum atomic E-state index is -0.669. The van der Waals surface area contributed by atoms with Crippen molar-refractivity contribution in [3.05, 3.63) is 35.4 Å². The fourth-order valence-corrected chi connectivity index (χ4v) is 0.826. The normalized spacial score (nSPS) is 9.50. The summed E-state index contributed by atoms with van der Waals surface area (Å²) in [7, 11) is 0. The Morgan fingerprint density at radius 3 is 2.42 bits per heavy atom. The third-order valence-electron chi connectivity index (χ3n) is 1.40. The third kappa shape index (κ3) is 1.78. The zero-order valence-electron chi connectivity index (χ0n) is 6.10. The van der Waals surface area contributed by atoms with E-state index in [0.29, 0.717) is 0 Å². The molecule has 1 aromatic rings. The second-order valence-electron chi connectivity index (χ2n) is 2.16. The number of hydrogen-bond donors (Lipinski definition) is 1. The van der Waals surface area contributed by atoms with E-state index in [1.807, 2.05) is 0 Å². The van der Waals surface area contributed by atoms with E-state index in [-0.39, 0.29) is 12.1 Å². The molecule has 0 aliphatic rings. The lowest BCUT2D eigenvalue weighted by atomic mass is 10.2. The first-order valence-electron chi connectivity index (χ1n) is 3.28. The molecule has 0 saturated carbocycles. The standard InChI is InChI=1S/C8H6F2NO/c9-7-2-1-3-8(10)6(7)4-11-5-12/h1-3H,4H2,(H,11,12). The molecule has 0 atom stereocenters. The average molecular weight is 170 g/mol. The average Bonchev–Trinajstić information content (AvgIpc) is 2.04. The Morgan fingerprint density at radius 2 is 1.92 bits per heavy atom. The SMILES string of the molecule is O=[C]NCc1c(F)cccc1F. The molecule has 1 radical (unpaired) electrons. The molecule has 2 nitrogen and oxygen atoms in total. The van der Waals surface area contributed by atoms with Crippen molar-refractivity contribution in [2.24, 2.45) is 0 Å². The predicted molar refractivity (Wildman–Crippen MR) is 38.9 cm³/mol. The number of hydrogen-bond acceptors (Lipinski definition) is 1. The van der Waals surface area contributed by atoms with Crippen molar-refractivity contribution in [3.8, 4) is 0 Å². The quantitative estimate of drug-likeness (QED) is 0.676. The smallest absolute Gasteiger partial charge is 0.309 e. The summed E-state index contributed by atoms with van der Waals surface area (Å²) in [6.45, 7) is -0.179. The van der Waals surface area contributed by atoms with Crippen LogP contribution in [-0.2, 0) is 11.3 Å². The first kappa shape index (κ1) is 8.64. The van der Waals surface area contributed by atoms with Gasteiger partial charge in [0.25, 0.3) is 0 Å². The number of carbonyl (C=O) groups excluding carboxylic acids is 1. The molecule has 0 heterocycles. The van der Waals surface area contributed by atoms with Crippen LogP contribution < -0.4 is 5.32 Å². The lowest BCUT2D eigenvalue weighted by molar-refractivity contribution is 0.527. The lowest BCUT2D eigenvalue weighted by Crippen LogP contribution is -2.12. The number of amides is 1. The number of nitrogens with one attached hydrogen (secondary N) is 1. The van der Waals surface area contributed by atoms with E-state index in [9.17, 15) is 13.6 Å². The molecule has 4 heteroatoms. The summed E-state index contributed by atoms with van der Waals surface area (Å²) in [4.78, 5) is 9.72. The van der Waals surface area contributed by atoms with E-state index in [1.165, 1.54) is 12.5 Å². The maximum absolute atomic E-state index is 12.8. The van der Waals surface area contributed by atoms with Gasteiger partial charge in [-0.25, -0.2) is 8.78 Å². The molecular weight excluding hydrogens is 164 g/mol. The molecule has 0 unspecified atom stereocenters. The maximum Gasteiger partial charge on any atom is 0.309 e. The molecule has 1 rings (SSSR count). The van der Waals surface area contributed by atoms with E-state index >= 15 is 0 Å². The Labute approximate surface area is 68.2 Å². The third-order valence-corrected chi connectivity index (χ3v) is 1.40. The number of halogens is 2. The van der Waals surface area contributed by atoms with Gasteiger partial charge >= 0.3 is 6.41 Å². The highest BCUT2D eigenvalue weighted by atomic mass is 19.1. The summed E-state index contributed by atoms with van der Waals surface area (Å²) in [6.07, 6.45) is 1.34. The molecule has 63 valence electrons. The molecule has 1 aromatic carbocycles. The largest absolute Gasteiger partial charge is 0.344 e. The van der Waals surface area contributed by atoms with Gasteiger partial charge < -0.3 is 5.32 Å². The fraction of sp³-hybridized carbons (Fsp3) is 0.125. The van der Waals surface area contributed by atoms with Crippen LogP contribution in [0.3, 0.4) is 0 Å². The van der Waals surface area contributed by atoms with Crippen LogP contribution in [0.2, 0.25) is 0 Å². The molecule has 0 aliphatic heterocycles. The Balaban J connectivity index is 2.88. The first-order valence-corrected chi connectivity index (χ1v) is 3.28. The van der Waals surface area contributed by atoms with Crippen molar-refractivity contribution < 1.29 is 13.6 Å². The highest BCUT2D eigenvalue weighted by Gasteiger charge is 2.06. The fourth-order valence-electron chi connectivity index (χ4n) is 0.826. The number of rotatable bonds is 3. The van der Waals surface area contributed by atoms with Gasteiger partial charge in [-0.2, -0.15) is 0 Å². The predicted octanol–water partition coefficient (Wildman–Crippen LogP) is 1.12. The minimum absolute atomic E-state index is 0.152. The van der Waals surface area contributed by atoms with E-state index in [4.69, 9.17) is 0 Å². The molecule has 1 N–H and O–H groups in total. The molecule has 0 aliphatic carbocycles. The molecule has 1 amide bonds. The Bertz CT molecular complexity index is 268. The van der Waals surface area contributed by atoms with Crippen molar-refractivity contribution in [1.82, 2.24) is 5.32 Å². The minimum Gasteiger partial charge on any atom is -0.344 e. The van der Waals surface area contributed by atoms with Crippen molar-refractivity contribution >= 4 is 6.41 Å². The van der Waals surface area contributed by atoms with Gasteiger partial charge in [0.2, 0.25) is 0 Å². The van der Waals surface area contributed by atoms with Gasteiger partial charge in [0.15, 0.2) is 0 Å². The van der Waals surface area contributed by atoms with Crippen LogP contribution >= 0.6 is 0 Å². The molecular formula is C8H6F2NO. The summed E-state index contributed by atoms with van der Waals surface area (Å²) in [5, 5.41) is 2.06. The Kier molecular flexibility index (Phi) is 2.74. The van der Waals surface area contributed by atoms with Gasteiger partial charge in [0.05, 0.1) is 0 Å². The summed E-state index contributed by atoms with van der Waals surface area (Å²) in [6, 6.07) is 3.52. The van der Waals surface area contributed by atoms with Crippen molar-refractivity contribution in [1.29, 1.82) is 0 Å². The van der Waals surface area contributed by atoms with Gasteiger partial charge in [-0.3, -0.25) is 4.79 Å². The summed E-state index contributed by atoms with van der Waals surface area (Å²) >= 11 is 0. The maximum atomic E-state index is 12.8. The summed E-state index contributed by atoms with van der Waals surface area (Å²) in [5.74, 6) is -1.34. The molecule has 0 spiro atoms. The van der Waals surface area contributed by atoms with Gasteiger partial charge in [-0.1, -0.05) is 6.07 Å². The van der Waals surface area contributed by atoms with Crippen molar-refractivity contribution in [2.75, 3.05) is 0 Å². The van der Waals surface area contributed by atoms with Crippen LogP contribution in [0.4, 0.5) is 8.78 Å². The van der Waals surface area contributed by atoms with Crippen LogP contribution in [0.25, 0.3) is 0 Å². The molecule has 12 heavy (non-hydrogen) atoms. The molecule has 0 fully saturated rings. The van der Waals surface area contributed by atoms with Gasteiger partial charge in [-0.15, -0.1) is 0 Å². The highest BCUT2D eigenvalue weighted by Crippen LogP contribution is 2.10. The molecule has 0 saturated heterocycles. The first-order chi connectivity index (χ1) is 5.75. The topological polar surface area (TPSA) is 29.1 Å². The number of benzene rings is 1. The van der Waals surface area contributed by atoms with Crippen LogP contribution in [-0.4, -0.2) is 6.41 Å².